The lowest BCUT2D eigenvalue weighted by Gasteiger charge is -2.01. The Morgan fingerprint density at radius 3 is 2.78 bits per heavy atom. The van der Waals surface area contributed by atoms with Crippen LogP contribution >= 0.6 is 0 Å². The Kier molecular flexibility index (Phi) is 3.55. The van der Waals surface area contributed by atoms with Crippen LogP contribution < -0.4 is 0 Å². The predicted octanol–water partition coefficient (Wildman–Crippen LogP) is 2.55. The molecule has 0 aliphatic heterocycles. The van der Waals surface area contributed by atoms with Gasteiger partial charge in [0.25, 0.3) is 0 Å². The molecule has 0 N–H and O–H groups in total. The standard InChI is InChI=1S/C14H15FN2O/c1-3-12-9-13(17(2)16-12)14(18)8-10-5-4-6-11(15)7-10/h4-7,9H,3,8H2,1-2H3. The van der Waals surface area contributed by atoms with Gasteiger partial charge in [0.2, 0.25) is 0 Å². The summed E-state index contributed by atoms with van der Waals surface area (Å²) in [5.41, 5.74) is 2.13. The fraction of sp³-hybridized carbons (Fsp3) is 0.286. The maximum absolute atomic E-state index is 13.0. The number of ketones is 1. The Morgan fingerprint density at radius 2 is 2.17 bits per heavy atom. The van der Waals surface area contributed by atoms with Crippen molar-refractivity contribution in [2.24, 2.45) is 7.05 Å². The first-order chi connectivity index (χ1) is 8.60. The van der Waals surface area contributed by atoms with Crippen molar-refractivity contribution in [2.75, 3.05) is 0 Å². The van der Waals surface area contributed by atoms with Gasteiger partial charge in [0.1, 0.15) is 11.5 Å². The van der Waals surface area contributed by atoms with Crippen LogP contribution in [0.3, 0.4) is 0 Å². The lowest BCUT2D eigenvalue weighted by Crippen LogP contribution is -2.09. The third-order valence-electron chi connectivity index (χ3n) is 2.83. The van der Waals surface area contributed by atoms with Gasteiger partial charge < -0.3 is 0 Å². The van der Waals surface area contributed by atoms with Gasteiger partial charge in [-0.05, 0) is 30.2 Å². The van der Waals surface area contributed by atoms with E-state index in [0.29, 0.717) is 11.3 Å². The lowest BCUT2D eigenvalue weighted by molar-refractivity contribution is 0.0984. The summed E-state index contributed by atoms with van der Waals surface area (Å²) < 4.78 is 14.6. The van der Waals surface area contributed by atoms with E-state index in [1.807, 2.05) is 6.92 Å². The van der Waals surface area contributed by atoms with Gasteiger partial charge in [-0.25, -0.2) is 4.39 Å². The largest absolute Gasteiger partial charge is 0.292 e. The van der Waals surface area contributed by atoms with Crippen LogP contribution in [0, 0.1) is 5.82 Å². The molecule has 0 spiro atoms. The van der Waals surface area contributed by atoms with Crippen LogP contribution in [0.4, 0.5) is 4.39 Å². The Bertz CT molecular complexity index is 575. The molecule has 4 heteroatoms. The summed E-state index contributed by atoms with van der Waals surface area (Å²) >= 11 is 0. The second-order valence-corrected chi connectivity index (χ2v) is 4.23. The van der Waals surface area contributed by atoms with E-state index in [1.54, 1.807) is 29.9 Å². The molecule has 0 bridgehead atoms. The van der Waals surface area contributed by atoms with Crippen LogP contribution in [-0.2, 0) is 19.9 Å². The van der Waals surface area contributed by atoms with E-state index in [2.05, 4.69) is 5.10 Å². The molecular formula is C14H15FN2O. The molecule has 0 aliphatic rings. The second-order valence-electron chi connectivity index (χ2n) is 4.23. The van der Waals surface area contributed by atoms with E-state index in [9.17, 15) is 9.18 Å². The number of Topliss-reactive ketones (excluding diaryl/α,β-unsaturated/α-hetero) is 1. The van der Waals surface area contributed by atoms with Crippen molar-refractivity contribution in [1.29, 1.82) is 0 Å². The van der Waals surface area contributed by atoms with Gasteiger partial charge >= 0.3 is 0 Å². The Morgan fingerprint density at radius 1 is 1.39 bits per heavy atom. The zero-order valence-electron chi connectivity index (χ0n) is 10.5. The van der Waals surface area contributed by atoms with Gasteiger partial charge in [-0.1, -0.05) is 19.1 Å². The summed E-state index contributed by atoms with van der Waals surface area (Å²) in [6, 6.07) is 7.90. The molecule has 3 nitrogen and oxygen atoms in total. The fourth-order valence-corrected chi connectivity index (χ4v) is 1.88. The minimum absolute atomic E-state index is 0.0460. The molecule has 0 radical (unpaired) electrons. The molecule has 2 aromatic rings. The summed E-state index contributed by atoms with van der Waals surface area (Å²) in [6.07, 6.45) is 0.988. The number of nitrogens with zero attached hydrogens (tertiary/aromatic N) is 2. The van der Waals surface area contributed by atoms with Crippen LogP contribution in [0.25, 0.3) is 0 Å². The summed E-state index contributed by atoms with van der Waals surface area (Å²) in [6.45, 7) is 1.99. The highest BCUT2D eigenvalue weighted by atomic mass is 19.1. The number of halogens is 1. The van der Waals surface area contributed by atoms with Crippen LogP contribution in [0.5, 0.6) is 0 Å². The SMILES string of the molecule is CCc1cc(C(=O)Cc2cccc(F)c2)n(C)n1. The van der Waals surface area contributed by atoms with E-state index in [4.69, 9.17) is 0 Å². The number of carbonyl (C=O) groups excluding carboxylic acids is 1. The van der Waals surface area contributed by atoms with Gasteiger partial charge in [-0.2, -0.15) is 5.10 Å². The van der Waals surface area contributed by atoms with E-state index >= 15 is 0 Å². The molecule has 0 amide bonds. The summed E-state index contributed by atoms with van der Waals surface area (Å²) in [5.74, 6) is -0.366. The molecule has 1 aromatic heterocycles. The number of benzene rings is 1. The normalized spacial score (nSPS) is 10.6. The molecule has 0 atom stereocenters. The number of aryl methyl sites for hydroxylation is 2. The third-order valence-corrected chi connectivity index (χ3v) is 2.83. The second kappa shape index (κ2) is 5.12. The molecule has 0 unspecified atom stereocenters. The van der Waals surface area contributed by atoms with Crippen LogP contribution in [-0.4, -0.2) is 15.6 Å². The smallest absolute Gasteiger partial charge is 0.185 e. The third kappa shape index (κ3) is 2.64. The molecular weight excluding hydrogens is 231 g/mol. The van der Waals surface area contributed by atoms with Gasteiger partial charge in [0.05, 0.1) is 5.69 Å². The molecule has 1 aromatic carbocycles. The minimum Gasteiger partial charge on any atom is -0.292 e. The molecule has 1 heterocycles. The van der Waals surface area contributed by atoms with Crippen molar-refractivity contribution in [3.05, 3.63) is 53.1 Å². The zero-order valence-corrected chi connectivity index (χ0v) is 10.5. The van der Waals surface area contributed by atoms with Gasteiger partial charge in [0.15, 0.2) is 5.78 Å². The number of rotatable bonds is 4. The molecule has 0 saturated heterocycles. The van der Waals surface area contributed by atoms with Gasteiger partial charge in [0, 0.05) is 13.5 Å². The van der Waals surface area contributed by atoms with E-state index < -0.39 is 0 Å². The lowest BCUT2D eigenvalue weighted by atomic mass is 10.1. The predicted molar refractivity (Wildman–Crippen MR) is 67.0 cm³/mol. The monoisotopic (exact) mass is 246 g/mol. The quantitative estimate of drug-likeness (QED) is 0.777. The van der Waals surface area contributed by atoms with E-state index in [-0.39, 0.29) is 18.0 Å². The first-order valence-corrected chi connectivity index (χ1v) is 5.90. The van der Waals surface area contributed by atoms with Gasteiger partial charge in [-0.15, -0.1) is 0 Å². The van der Waals surface area contributed by atoms with Crippen LogP contribution in [0.2, 0.25) is 0 Å². The van der Waals surface area contributed by atoms with Crippen molar-refractivity contribution >= 4 is 5.78 Å². The number of hydrogen-bond acceptors (Lipinski definition) is 2. The molecule has 2 rings (SSSR count). The van der Waals surface area contributed by atoms with Crippen molar-refractivity contribution in [3.63, 3.8) is 0 Å². The Balaban J connectivity index is 2.19. The number of aromatic nitrogens is 2. The molecule has 0 aliphatic carbocycles. The van der Waals surface area contributed by atoms with Crippen molar-refractivity contribution in [3.8, 4) is 0 Å². The fourth-order valence-electron chi connectivity index (χ4n) is 1.88. The highest BCUT2D eigenvalue weighted by Gasteiger charge is 2.13. The summed E-state index contributed by atoms with van der Waals surface area (Å²) in [7, 11) is 1.75. The first-order valence-electron chi connectivity index (χ1n) is 5.90. The highest BCUT2D eigenvalue weighted by molar-refractivity contribution is 5.96. The van der Waals surface area contributed by atoms with Crippen molar-refractivity contribution < 1.29 is 9.18 Å². The van der Waals surface area contributed by atoms with Crippen LogP contribution in [0.1, 0.15) is 28.7 Å². The highest BCUT2D eigenvalue weighted by Crippen LogP contribution is 2.10. The van der Waals surface area contributed by atoms with Crippen LogP contribution in [0.15, 0.2) is 30.3 Å². The topological polar surface area (TPSA) is 34.9 Å². The Labute approximate surface area is 105 Å². The van der Waals surface area contributed by atoms with E-state index in [1.165, 1.54) is 12.1 Å². The minimum atomic E-state index is -0.320. The molecule has 0 fully saturated rings. The summed E-state index contributed by atoms with van der Waals surface area (Å²) in [4.78, 5) is 12.1. The average Bonchev–Trinajstić information content (AvgIpc) is 2.70. The number of hydrogen-bond donors (Lipinski definition) is 0. The Hall–Kier alpha value is -1.97. The molecule has 0 saturated carbocycles. The molecule has 18 heavy (non-hydrogen) atoms. The average molecular weight is 246 g/mol. The maximum atomic E-state index is 13.0. The summed E-state index contributed by atoms with van der Waals surface area (Å²) in [5, 5.41) is 4.23. The van der Waals surface area contributed by atoms with Gasteiger partial charge in [-0.3, -0.25) is 9.48 Å². The molecule has 94 valence electrons. The van der Waals surface area contributed by atoms with E-state index in [0.717, 1.165) is 12.1 Å². The first kappa shape index (κ1) is 12.5. The number of carbonyl (C=O) groups is 1. The zero-order chi connectivity index (χ0) is 13.1. The van der Waals surface area contributed by atoms with Crippen molar-refractivity contribution in [1.82, 2.24) is 9.78 Å². The van der Waals surface area contributed by atoms with Crippen molar-refractivity contribution in [2.45, 2.75) is 19.8 Å². The maximum Gasteiger partial charge on any atom is 0.185 e.